The molecule has 0 aromatic heterocycles. The zero-order chi connectivity index (χ0) is 12.5. The van der Waals surface area contributed by atoms with E-state index >= 15 is 0 Å². The number of methoxy groups -OCH3 is 1. The van der Waals surface area contributed by atoms with Gasteiger partial charge in [-0.25, -0.2) is 4.39 Å². The molecule has 0 aliphatic rings. The summed E-state index contributed by atoms with van der Waals surface area (Å²) in [6.45, 7) is 0.267. The lowest BCUT2D eigenvalue weighted by Gasteiger charge is -2.05. The van der Waals surface area contributed by atoms with Gasteiger partial charge in [0.1, 0.15) is 11.6 Å². The fourth-order valence-electron chi connectivity index (χ4n) is 1.12. The molecule has 0 unspecified atom stereocenters. The number of ether oxygens (including phenoxy) is 2. The van der Waals surface area contributed by atoms with Crippen LogP contribution in [0.4, 0.5) is 4.39 Å². The van der Waals surface area contributed by atoms with Crippen LogP contribution in [0.2, 0.25) is 0 Å². The summed E-state index contributed by atoms with van der Waals surface area (Å²) in [4.78, 5) is 2.58. The molecule has 1 aromatic carbocycles. The van der Waals surface area contributed by atoms with Crippen molar-refractivity contribution in [3.8, 4) is 5.75 Å². The minimum Gasteiger partial charge on any atom is -0.467 e. The van der Waals surface area contributed by atoms with Crippen molar-refractivity contribution in [2.45, 2.75) is 0 Å². The molecule has 0 atom stereocenters. The highest BCUT2D eigenvalue weighted by atomic mass is 19.1. The van der Waals surface area contributed by atoms with Crippen molar-refractivity contribution in [3.63, 3.8) is 0 Å². The van der Waals surface area contributed by atoms with Gasteiger partial charge in [0.2, 0.25) is 0 Å². The van der Waals surface area contributed by atoms with E-state index in [0.717, 1.165) is 0 Å². The number of azide groups is 1. The first-order valence-corrected chi connectivity index (χ1v) is 4.86. The molecule has 0 amide bonds. The summed E-state index contributed by atoms with van der Waals surface area (Å²) in [6.07, 6.45) is 3.12. The molecule has 5 nitrogen and oxygen atoms in total. The van der Waals surface area contributed by atoms with E-state index in [4.69, 9.17) is 15.0 Å². The molecule has 0 spiro atoms. The van der Waals surface area contributed by atoms with Crippen molar-refractivity contribution in [2.24, 2.45) is 5.11 Å². The molecule has 0 aliphatic carbocycles. The second-order valence-corrected chi connectivity index (χ2v) is 3.05. The molecule has 1 aromatic rings. The number of hydrogen-bond acceptors (Lipinski definition) is 3. The molecule has 1 rings (SSSR count). The molecule has 0 saturated heterocycles. The predicted molar refractivity (Wildman–Crippen MR) is 62.0 cm³/mol. The SMILES string of the molecule is COCOc1ccc(C=CCN=[N+]=[N-])c(F)c1. The van der Waals surface area contributed by atoms with Crippen molar-refractivity contribution in [2.75, 3.05) is 20.4 Å². The normalized spacial score (nSPS) is 10.2. The van der Waals surface area contributed by atoms with Gasteiger partial charge >= 0.3 is 0 Å². The quantitative estimate of drug-likeness (QED) is 0.330. The number of benzene rings is 1. The zero-order valence-corrected chi connectivity index (χ0v) is 9.34. The smallest absolute Gasteiger partial charge is 0.188 e. The highest BCUT2D eigenvalue weighted by Gasteiger charge is 2.01. The Morgan fingerprint density at radius 3 is 3.00 bits per heavy atom. The van der Waals surface area contributed by atoms with Crippen LogP contribution in [0.15, 0.2) is 29.4 Å². The van der Waals surface area contributed by atoms with Crippen LogP contribution < -0.4 is 4.74 Å². The Hall–Kier alpha value is -2.04. The van der Waals surface area contributed by atoms with E-state index in [-0.39, 0.29) is 13.3 Å². The molecule has 17 heavy (non-hydrogen) atoms. The first-order valence-electron chi connectivity index (χ1n) is 4.86. The Kier molecular flexibility index (Phi) is 5.57. The average Bonchev–Trinajstić information content (AvgIpc) is 2.34. The Morgan fingerprint density at radius 2 is 2.35 bits per heavy atom. The summed E-state index contributed by atoms with van der Waals surface area (Å²) >= 11 is 0. The van der Waals surface area contributed by atoms with E-state index in [2.05, 4.69) is 10.0 Å². The summed E-state index contributed by atoms with van der Waals surface area (Å²) < 4.78 is 23.3. The molecule has 0 fully saturated rings. The van der Waals surface area contributed by atoms with Crippen LogP contribution >= 0.6 is 0 Å². The summed E-state index contributed by atoms with van der Waals surface area (Å²) in [6, 6.07) is 4.48. The van der Waals surface area contributed by atoms with E-state index in [1.807, 2.05) is 0 Å². The highest BCUT2D eigenvalue weighted by Crippen LogP contribution is 2.17. The van der Waals surface area contributed by atoms with E-state index < -0.39 is 5.82 Å². The van der Waals surface area contributed by atoms with Crippen LogP contribution in [0.1, 0.15) is 5.56 Å². The molecule has 0 aliphatic heterocycles. The van der Waals surface area contributed by atoms with Crippen LogP contribution in [0.3, 0.4) is 0 Å². The summed E-state index contributed by atoms with van der Waals surface area (Å²) in [5, 5.41) is 3.30. The Morgan fingerprint density at radius 1 is 1.53 bits per heavy atom. The lowest BCUT2D eigenvalue weighted by molar-refractivity contribution is 0.0509. The van der Waals surface area contributed by atoms with E-state index in [1.165, 1.54) is 13.2 Å². The van der Waals surface area contributed by atoms with Gasteiger partial charge in [-0.1, -0.05) is 17.3 Å². The molecule has 6 heteroatoms. The lowest BCUT2D eigenvalue weighted by atomic mass is 10.2. The van der Waals surface area contributed by atoms with Crippen LogP contribution in [0.5, 0.6) is 5.75 Å². The van der Waals surface area contributed by atoms with Crippen LogP contribution in [0, 0.1) is 5.82 Å². The molecule has 0 N–H and O–H groups in total. The minimum absolute atomic E-state index is 0.0749. The van der Waals surface area contributed by atoms with Crippen molar-refractivity contribution >= 4 is 6.08 Å². The third-order valence-corrected chi connectivity index (χ3v) is 1.86. The van der Waals surface area contributed by atoms with E-state index in [9.17, 15) is 4.39 Å². The molecule has 90 valence electrons. The van der Waals surface area contributed by atoms with Gasteiger partial charge in [0.25, 0.3) is 0 Å². The molecule has 0 radical (unpaired) electrons. The zero-order valence-electron chi connectivity index (χ0n) is 9.34. The standard InChI is InChI=1S/C11H12FN3O2/c1-16-8-17-10-5-4-9(11(12)7-10)3-2-6-14-15-13/h2-5,7H,6,8H2,1H3. The maximum absolute atomic E-state index is 13.5. The summed E-state index contributed by atoms with van der Waals surface area (Å²) in [5.41, 5.74) is 8.46. The van der Waals surface area contributed by atoms with Gasteiger partial charge in [-0.05, 0) is 17.7 Å². The number of halogens is 1. The maximum atomic E-state index is 13.5. The van der Waals surface area contributed by atoms with E-state index in [0.29, 0.717) is 11.3 Å². The van der Waals surface area contributed by atoms with Crippen LogP contribution in [0.25, 0.3) is 16.5 Å². The Bertz CT molecular complexity index is 442. The van der Waals surface area contributed by atoms with Gasteiger partial charge in [0.05, 0.1) is 0 Å². The van der Waals surface area contributed by atoms with Crippen molar-refractivity contribution in [1.82, 2.24) is 0 Å². The number of nitrogens with zero attached hydrogens (tertiary/aromatic N) is 3. The molecular weight excluding hydrogens is 225 g/mol. The van der Waals surface area contributed by atoms with Gasteiger partial charge < -0.3 is 9.47 Å². The lowest BCUT2D eigenvalue weighted by Crippen LogP contribution is -1.99. The molecule has 0 heterocycles. The van der Waals surface area contributed by atoms with Gasteiger partial charge in [-0.15, -0.1) is 0 Å². The van der Waals surface area contributed by atoms with Crippen LogP contribution in [-0.4, -0.2) is 20.4 Å². The van der Waals surface area contributed by atoms with Gasteiger partial charge in [0.15, 0.2) is 6.79 Å². The number of hydrogen-bond donors (Lipinski definition) is 0. The summed E-state index contributed by atoms with van der Waals surface area (Å²) in [7, 11) is 1.49. The van der Waals surface area contributed by atoms with Gasteiger partial charge in [-0.3, -0.25) is 0 Å². The topological polar surface area (TPSA) is 67.2 Å². The van der Waals surface area contributed by atoms with Crippen molar-refractivity contribution in [1.29, 1.82) is 0 Å². The Labute approximate surface area is 98.1 Å². The summed E-state index contributed by atoms with van der Waals surface area (Å²) in [5.74, 6) is -0.00710. The highest BCUT2D eigenvalue weighted by molar-refractivity contribution is 5.51. The second-order valence-electron chi connectivity index (χ2n) is 3.05. The Balaban J connectivity index is 2.68. The average molecular weight is 237 g/mol. The fourth-order valence-corrected chi connectivity index (χ4v) is 1.12. The molecular formula is C11H12FN3O2. The maximum Gasteiger partial charge on any atom is 0.188 e. The largest absolute Gasteiger partial charge is 0.467 e. The third kappa shape index (κ3) is 4.55. The predicted octanol–water partition coefficient (Wildman–Crippen LogP) is 3.13. The third-order valence-electron chi connectivity index (χ3n) is 1.86. The monoisotopic (exact) mass is 237 g/mol. The fraction of sp³-hybridized carbons (Fsp3) is 0.273. The second kappa shape index (κ2) is 7.27. The first-order chi connectivity index (χ1) is 8.27. The first kappa shape index (κ1) is 13.0. The van der Waals surface area contributed by atoms with Gasteiger partial charge in [0, 0.05) is 30.2 Å². The van der Waals surface area contributed by atoms with Gasteiger partial charge in [-0.2, -0.15) is 0 Å². The van der Waals surface area contributed by atoms with E-state index in [1.54, 1.807) is 24.3 Å². The van der Waals surface area contributed by atoms with Crippen molar-refractivity contribution < 1.29 is 13.9 Å². The minimum atomic E-state index is -0.407. The number of rotatable bonds is 6. The molecule has 0 bridgehead atoms. The van der Waals surface area contributed by atoms with Crippen LogP contribution in [-0.2, 0) is 4.74 Å². The molecule has 0 saturated carbocycles. The van der Waals surface area contributed by atoms with Crippen molar-refractivity contribution in [3.05, 3.63) is 46.1 Å².